The lowest BCUT2D eigenvalue weighted by Crippen LogP contribution is -2.45. The van der Waals surface area contributed by atoms with Crippen molar-refractivity contribution in [1.82, 2.24) is 9.88 Å². The summed E-state index contributed by atoms with van der Waals surface area (Å²) in [5.74, 6) is -0.173. The standard InChI is InChI=1S/C22H28FN3/c1-17-5-8-19(24-13-17)14-25-12-4-11-22(25)15-21(2,3)26(16-22)20-9-6-18(23)7-10-20/h5-10,13H,4,11-12,14-16H2,1-3H3. The molecule has 3 heterocycles. The van der Waals surface area contributed by atoms with Crippen LogP contribution in [0.25, 0.3) is 0 Å². The van der Waals surface area contributed by atoms with Gasteiger partial charge in [-0.15, -0.1) is 0 Å². The zero-order valence-corrected chi connectivity index (χ0v) is 16.0. The van der Waals surface area contributed by atoms with E-state index in [-0.39, 0.29) is 16.9 Å². The normalized spacial score (nSPS) is 25.3. The van der Waals surface area contributed by atoms with Crippen molar-refractivity contribution in [3.05, 3.63) is 59.7 Å². The van der Waals surface area contributed by atoms with Gasteiger partial charge in [0.15, 0.2) is 0 Å². The molecule has 0 amide bonds. The Balaban J connectivity index is 1.59. The van der Waals surface area contributed by atoms with Gasteiger partial charge in [-0.1, -0.05) is 6.07 Å². The monoisotopic (exact) mass is 353 g/mol. The highest BCUT2D eigenvalue weighted by Gasteiger charge is 2.53. The zero-order valence-electron chi connectivity index (χ0n) is 16.0. The van der Waals surface area contributed by atoms with E-state index >= 15 is 0 Å². The summed E-state index contributed by atoms with van der Waals surface area (Å²) in [7, 11) is 0. The molecular weight excluding hydrogens is 325 g/mol. The minimum Gasteiger partial charge on any atom is -0.364 e. The first-order chi connectivity index (χ1) is 12.4. The van der Waals surface area contributed by atoms with Crippen LogP contribution in [0.2, 0.25) is 0 Å². The number of benzene rings is 1. The van der Waals surface area contributed by atoms with E-state index in [1.54, 1.807) is 12.1 Å². The maximum Gasteiger partial charge on any atom is 0.123 e. The summed E-state index contributed by atoms with van der Waals surface area (Å²) >= 11 is 0. The Hall–Kier alpha value is -1.94. The highest BCUT2D eigenvalue weighted by Crippen LogP contribution is 2.47. The molecule has 1 aromatic carbocycles. The van der Waals surface area contributed by atoms with E-state index in [9.17, 15) is 4.39 Å². The van der Waals surface area contributed by atoms with Crippen LogP contribution in [0.4, 0.5) is 10.1 Å². The van der Waals surface area contributed by atoms with Crippen molar-refractivity contribution in [2.45, 2.75) is 57.7 Å². The van der Waals surface area contributed by atoms with Crippen LogP contribution in [0, 0.1) is 12.7 Å². The number of aromatic nitrogens is 1. The van der Waals surface area contributed by atoms with Crippen molar-refractivity contribution in [2.24, 2.45) is 0 Å². The number of likely N-dealkylation sites (tertiary alicyclic amines) is 1. The van der Waals surface area contributed by atoms with Gasteiger partial charge in [-0.05, 0) is 82.5 Å². The van der Waals surface area contributed by atoms with Crippen molar-refractivity contribution in [1.29, 1.82) is 0 Å². The summed E-state index contributed by atoms with van der Waals surface area (Å²) < 4.78 is 13.4. The van der Waals surface area contributed by atoms with Gasteiger partial charge in [0.05, 0.1) is 5.69 Å². The minimum absolute atomic E-state index is 0.0567. The molecule has 0 aliphatic carbocycles. The summed E-state index contributed by atoms with van der Waals surface area (Å²) in [6.07, 6.45) is 5.55. The fourth-order valence-corrected chi connectivity index (χ4v) is 4.93. The van der Waals surface area contributed by atoms with Crippen LogP contribution in [0.3, 0.4) is 0 Å². The largest absolute Gasteiger partial charge is 0.364 e. The van der Waals surface area contributed by atoms with Crippen LogP contribution >= 0.6 is 0 Å². The molecule has 2 saturated heterocycles. The van der Waals surface area contributed by atoms with Gasteiger partial charge in [0.1, 0.15) is 5.82 Å². The maximum absolute atomic E-state index is 13.4. The van der Waals surface area contributed by atoms with E-state index in [1.165, 1.54) is 18.4 Å². The van der Waals surface area contributed by atoms with E-state index in [1.807, 2.05) is 18.3 Å². The molecule has 3 nitrogen and oxygen atoms in total. The van der Waals surface area contributed by atoms with Crippen molar-refractivity contribution < 1.29 is 4.39 Å². The molecule has 4 heteroatoms. The number of anilines is 1. The van der Waals surface area contributed by atoms with Crippen LogP contribution < -0.4 is 4.90 Å². The first-order valence-electron chi connectivity index (χ1n) is 9.58. The Bertz CT molecular complexity index is 769. The topological polar surface area (TPSA) is 19.4 Å². The molecule has 4 rings (SSSR count). The lowest BCUT2D eigenvalue weighted by atomic mass is 9.87. The van der Waals surface area contributed by atoms with Gasteiger partial charge >= 0.3 is 0 Å². The second-order valence-electron chi connectivity index (χ2n) is 8.63. The number of nitrogens with zero attached hydrogens (tertiary/aromatic N) is 3. The van der Waals surface area contributed by atoms with Crippen LogP contribution in [-0.4, -0.2) is 34.1 Å². The van der Waals surface area contributed by atoms with Crippen molar-refractivity contribution in [3.8, 4) is 0 Å². The number of pyridine rings is 1. The Morgan fingerprint density at radius 3 is 2.58 bits per heavy atom. The van der Waals surface area contributed by atoms with Gasteiger partial charge in [0.2, 0.25) is 0 Å². The SMILES string of the molecule is Cc1ccc(CN2CCCC23CN(c2ccc(F)cc2)C(C)(C)C3)nc1. The Labute approximate surface area is 155 Å². The number of halogens is 1. The quantitative estimate of drug-likeness (QED) is 0.807. The first-order valence-corrected chi connectivity index (χ1v) is 9.58. The van der Waals surface area contributed by atoms with Gasteiger partial charge in [-0.25, -0.2) is 4.39 Å². The number of hydrogen-bond donors (Lipinski definition) is 0. The predicted octanol–water partition coefficient (Wildman–Crippen LogP) is 4.55. The molecule has 138 valence electrons. The summed E-state index contributed by atoms with van der Waals surface area (Å²) in [4.78, 5) is 9.72. The van der Waals surface area contributed by atoms with Gasteiger partial charge in [0, 0.05) is 36.1 Å². The molecule has 2 aliphatic heterocycles. The molecule has 1 unspecified atom stereocenters. The van der Waals surface area contributed by atoms with Crippen molar-refractivity contribution in [3.63, 3.8) is 0 Å². The highest BCUT2D eigenvalue weighted by molar-refractivity contribution is 5.51. The molecule has 2 aromatic rings. The van der Waals surface area contributed by atoms with Crippen LogP contribution in [0.1, 0.15) is 44.4 Å². The van der Waals surface area contributed by atoms with Crippen LogP contribution in [-0.2, 0) is 6.54 Å². The van der Waals surface area contributed by atoms with Gasteiger partial charge in [-0.3, -0.25) is 9.88 Å². The van der Waals surface area contributed by atoms with Gasteiger partial charge in [-0.2, -0.15) is 0 Å². The van der Waals surface area contributed by atoms with Crippen LogP contribution in [0.5, 0.6) is 0 Å². The van der Waals surface area contributed by atoms with Crippen molar-refractivity contribution in [2.75, 3.05) is 18.0 Å². The number of hydrogen-bond acceptors (Lipinski definition) is 3. The molecule has 0 saturated carbocycles. The second kappa shape index (κ2) is 6.34. The molecule has 0 radical (unpaired) electrons. The third-order valence-corrected chi connectivity index (χ3v) is 6.15. The molecule has 2 aliphatic rings. The first kappa shape index (κ1) is 17.5. The molecule has 1 atom stereocenters. The summed E-state index contributed by atoms with van der Waals surface area (Å²) in [6.45, 7) is 9.74. The fraction of sp³-hybridized carbons (Fsp3) is 0.500. The van der Waals surface area contributed by atoms with Gasteiger partial charge < -0.3 is 4.90 Å². The third-order valence-electron chi connectivity index (χ3n) is 6.15. The third kappa shape index (κ3) is 3.11. The van der Waals surface area contributed by atoms with Gasteiger partial charge in [0.25, 0.3) is 0 Å². The highest BCUT2D eigenvalue weighted by atomic mass is 19.1. The molecule has 1 aromatic heterocycles. The fourth-order valence-electron chi connectivity index (χ4n) is 4.93. The zero-order chi connectivity index (χ0) is 18.4. The molecule has 0 bridgehead atoms. The minimum atomic E-state index is -0.173. The molecule has 2 fully saturated rings. The maximum atomic E-state index is 13.4. The molecule has 26 heavy (non-hydrogen) atoms. The Morgan fingerprint density at radius 1 is 1.12 bits per heavy atom. The van der Waals surface area contributed by atoms with Crippen molar-refractivity contribution >= 4 is 5.69 Å². The molecule has 0 N–H and O–H groups in total. The average molecular weight is 353 g/mol. The molecule has 1 spiro atoms. The lowest BCUT2D eigenvalue weighted by Gasteiger charge is -2.35. The number of rotatable bonds is 3. The summed E-state index contributed by atoms with van der Waals surface area (Å²) in [5.41, 5.74) is 3.71. The van der Waals surface area contributed by atoms with Crippen LogP contribution in [0.15, 0.2) is 42.6 Å². The van der Waals surface area contributed by atoms with E-state index in [0.717, 1.165) is 37.4 Å². The second-order valence-corrected chi connectivity index (χ2v) is 8.63. The Morgan fingerprint density at radius 2 is 1.88 bits per heavy atom. The predicted molar refractivity (Wildman–Crippen MR) is 104 cm³/mol. The molecular formula is C22H28FN3. The lowest BCUT2D eigenvalue weighted by molar-refractivity contribution is 0.139. The summed E-state index contributed by atoms with van der Waals surface area (Å²) in [6, 6.07) is 11.3. The van der Waals surface area contributed by atoms with E-state index < -0.39 is 0 Å². The number of aryl methyl sites for hydroxylation is 1. The smallest absolute Gasteiger partial charge is 0.123 e. The summed E-state index contributed by atoms with van der Waals surface area (Å²) in [5, 5.41) is 0. The van der Waals surface area contributed by atoms with E-state index in [0.29, 0.717) is 0 Å². The Kier molecular flexibility index (Phi) is 4.26. The van der Waals surface area contributed by atoms with E-state index in [2.05, 4.69) is 47.7 Å². The average Bonchev–Trinajstić information content (AvgIpc) is 3.10. The van der Waals surface area contributed by atoms with E-state index in [4.69, 9.17) is 0 Å².